The molecule has 5 heteroatoms. The van der Waals surface area contributed by atoms with Gasteiger partial charge in [-0.25, -0.2) is 8.78 Å². The number of hydrogen-bond donors (Lipinski definition) is 2. The summed E-state index contributed by atoms with van der Waals surface area (Å²) in [6.45, 7) is 4.06. The lowest BCUT2D eigenvalue weighted by atomic mass is 9.94. The Morgan fingerprint density at radius 3 is 2.29 bits per heavy atom. The van der Waals surface area contributed by atoms with Crippen LogP contribution in [0.25, 0.3) is 0 Å². The van der Waals surface area contributed by atoms with Gasteiger partial charge in [0.2, 0.25) is 0 Å². The molecule has 0 amide bonds. The van der Waals surface area contributed by atoms with Crippen molar-refractivity contribution in [1.82, 2.24) is 5.43 Å². The number of hydrazine groups is 1. The minimum atomic E-state index is -0.580. The number of nitrogens with one attached hydrogen (secondary N) is 1. The SMILES string of the molecule is CCC(C)CC(NN)c1c(F)cc(Br)cc1F. The highest BCUT2D eigenvalue weighted by Gasteiger charge is 2.21. The van der Waals surface area contributed by atoms with Gasteiger partial charge in [0.05, 0.1) is 6.04 Å². The zero-order valence-electron chi connectivity index (χ0n) is 9.93. The molecule has 0 aliphatic heterocycles. The first-order chi connectivity index (χ1) is 7.99. The molecule has 0 heterocycles. The number of nitrogens with two attached hydrogens (primary N) is 1. The lowest BCUT2D eigenvalue weighted by molar-refractivity contribution is 0.384. The smallest absolute Gasteiger partial charge is 0.132 e. The predicted octanol–water partition coefficient (Wildman–Crippen LogP) is 3.67. The van der Waals surface area contributed by atoms with Gasteiger partial charge in [0.25, 0.3) is 0 Å². The Labute approximate surface area is 109 Å². The Kier molecular flexibility index (Phi) is 5.49. The van der Waals surface area contributed by atoms with E-state index in [1.54, 1.807) is 0 Å². The van der Waals surface area contributed by atoms with Crippen LogP contribution in [0.1, 0.15) is 38.3 Å². The quantitative estimate of drug-likeness (QED) is 0.643. The topological polar surface area (TPSA) is 38.0 Å². The molecule has 0 bridgehead atoms. The molecule has 0 saturated carbocycles. The fourth-order valence-corrected chi connectivity index (χ4v) is 2.13. The zero-order chi connectivity index (χ0) is 13.0. The Balaban J connectivity index is 3.03. The van der Waals surface area contributed by atoms with Crippen molar-refractivity contribution in [2.75, 3.05) is 0 Å². The van der Waals surface area contributed by atoms with Gasteiger partial charge < -0.3 is 0 Å². The second-order valence-electron chi connectivity index (χ2n) is 4.25. The molecular formula is C12H17BrF2N2. The van der Waals surface area contributed by atoms with E-state index >= 15 is 0 Å². The lowest BCUT2D eigenvalue weighted by Gasteiger charge is -2.21. The third-order valence-electron chi connectivity index (χ3n) is 2.93. The fourth-order valence-electron chi connectivity index (χ4n) is 1.72. The summed E-state index contributed by atoms with van der Waals surface area (Å²) in [6.07, 6.45) is 1.54. The molecule has 1 aromatic rings. The van der Waals surface area contributed by atoms with Gasteiger partial charge in [-0.3, -0.25) is 11.3 Å². The third kappa shape index (κ3) is 3.72. The number of halogens is 3. The van der Waals surface area contributed by atoms with Crippen LogP contribution in [0.15, 0.2) is 16.6 Å². The first kappa shape index (κ1) is 14.5. The molecule has 2 nitrogen and oxygen atoms in total. The first-order valence-corrected chi connectivity index (χ1v) is 6.39. The van der Waals surface area contributed by atoms with E-state index in [-0.39, 0.29) is 5.56 Å². The van der Waals surface area contributed by atoms with Gasteiger partial charge in [-0.2, -0.15) is 0 Å². The molecule has 0 aliphatic rings. The van der Waals surface area contributed by atoms with Crippen LogP contribution in [0, 0.1) is 17.6 Å². The van der Waals surface area contributed by atoms with Gasteiger partial charge in [-0.1, -0.05) is 36.2 Å². The molecule has 0 saturated heterocycles. The molecule has 3 N–H and O–H groups in total. The lowest BCUT2D eigenvalue weighted by Crippen LogP contribution is -2.30. The van der Waals surface area contributed by atoms with E-state index < -0.39 is 17.7 Å². The molecule has 0 aliphatic carbocycles. The molecule has 2 unspecified atom stereocenters. The van der Waals surface area contributed by atoms with Crippen LogP contribution in [-0.2, 0) is 0 Å². The highest BCUT2D eigenvalue weighted by Crippen LogP contribution is 2.29. The van der Waals surface area contributed by atoms with Crippen LogP contribution in [0.5, 0.6) is 0 Å². The average molecular weight is 307 g/mol. The third-order valence-corrected chi connectivity index (χ3v) is 3.39. The minimum absolute atomic E-state index is 0.0102. The van der Waals surface area contributed by atoms with Crippen LogP contribution >= 0.6 is 15.9 Å². The summed E-state index contributed by atoms with van der Waals surface area (Å²) in [5, 5.41) is 0. The van der Waals surface area contributed by atoms with Crippen molar-refractivity contribution in [2.45, 2.75) is 32.7 Å². The summed E-state index contributed by atoms with van der Waals surface area (Å²) in [5.74, 6) is 4.57. The summed E-state index contributed by atoms with van der Waals surface area (Å²) in [4.78, 5) is 0. The predicted molar refractivity (Wildman–Crippen MR) is 68.2 cm³/mol. The molecule has 0 spiro atoms. The summed E-state index contributed by atoms with van der Waals surface area (Å²) in [7, 11) is 0. The maximum absolute atomic E-state index is 13.7. The van der Waals surface area contributed by atoms with Gasteiger partial charge in [0.1, 0.15) is 11.6 Å². The molecule has 0 radical (unpaired) electrons. The van der Waals surface area contributed by atoms with E-state index in [4.69, 9.17) is 5.84 Å². The number of rotatable bonds is 5. The summed E-state index contributed by atoms with van der Waals surface area (Å²) in [6, 6.07) is 2.00. The molecular weight excluding hydrogens is 290 g/mol. The molecule has 17 heavy (non-hydrogen) atoms. The van der Waals surface area contributed by atoms with Crippen LogP contribution in [-0.4, -0.2) is 0 Å². The zero-order valence-corrected chi connectivity index (χ0v) is 11.5. The first-order valence-electron chi connectivity index (χ1n) is 5.60. The second-order valence-corrected chi connectivity index (χ2v) is 5.17. The average Bonchev–Trinajstić information content (AvgIpc) is 2.25. The van der Waals surface area contributed by atoms with Crippen molar-refractivity contribution in [2.24, 2.45) is 11.8 Å². The van der Waals surface area contributed by atoms with E-state index in [1.165, 1.54) is 12.1 Å². The van der Waals surface area contributed by atoms with E-state index in [0.29, 0.717) is 16.8 Å². The highest BCUT2D eigenvalue weighted by molar-refractivity contribution is 9.10. The fraction of sp³-hybridized carbons (Fsp3) is 0.500. The van der Waals surface area contributed by atoms with Crippen molar-refractivity contribution in [3.63, 3.8) is 0 Å². The van der Waals surface area contributed by atoms with E-state index in [2.05, 4.69) is 21.4 Å². The van der Waals surface area contributed by atoms with Crippen molar-refractivity contribution < 1.29 is 8.78 Å². The normalized spacial score (nSPS) is 14.7. The molecule has 1 rings (SSSR count). The minimum Gasteiger partial charge on any atom is -0.271 e. The Hall–Kier alpha value is -0.520. The maximum atomic E-state index is 13.7. The molecule has 0 fully saturated rings. The molecule has 2 atom stereocenters. The largest absolute Gasteiger partial charge is 0.271 e. The van der Waals surface area contributed by atoms with Crippen molar-refractivity contribution >= 4 is 15.9 Å². The Bertz CT molecular complexity index is 362. The van der Waals surface area contributed by atoms with Crippen molar-refractivity contribution in [3.8, 4) is 0 Å². The van der Waals surface area contributed by atoms with Gasteiger partial charge in [0.15, 0.2) is 0 Å². The maximum Gasteiger partial charge on any atom is 0.132 e. The number of benzene rings is 1. The van der Waals surface area contributed by atoms with E-state index in [1.807, 2.05) is 13.8 Å². The summed E-state index contributed by atoms with van der Waals surface area (Å²) < 4.78 is 27.9. The van der Waals surface area contributed by atoms with E-state index in [9.17, 15) is 8.78 Å². The summed E-state index contributed by atoms with van der Waals surface area (Å²) in [5.41, 5.74) is 2.50. The number of hydrogen-bond acceptors (Lipinski definition) is 2. The van der Waals surface area contributed by atoms with Gasteiger partial charge >= 0.3 is 0 Å². The van der Waals surface area contributed by atoms with E-state index in [0.717, 1.165) is 6.42 Å². The van der Waals surface area contributed by atoms with Crippen molar-refractivity contribution in [1.29, 1.82) is 0 Å². The molecule has 96 valence electrons. The second kappa shape index (κ2) is 6.42. The van der Waals surface area contributed by atoms with Gasteiger partial charge in [0, 0.05) is 10.0 Å². The summed E-state index contributed by atoms with van der Waals surface area (Å²) >= 11 is 3.05. The van der Waals surface area contributed by atoms with Crippen molar-refractivity contribution in [3.05, 3.63) is 33.8 Å². The Morgan fingerprint density at radius 1 is 1.35 bits per heavy atom. The van der Waals surface area contributed by atoms with Crippen LogP contribution in [0.2, 0.25) is 0 Å². The Morgan fingerprint density at radius 2 is 1.88 bits per heavy atom. The van der Waals surface area contributed by atoms with Crippen LogP contribution < -0.4 is 11.3 Å². The standard InChI is InChI=1S/C12H17BrF2N2/c1-3-7(2)4-11(17-16)12-9(14)5-8(13)6-10(12)15/h5-7,11,17H,3-4,16H2,1-2H3. The van der Waals surface area contributed by atoms with Gasteiger partial charge in [-0.15, -0.1) is 0 Å². The van der Waals surface area contributed by atoms with Gasteiger partial charge in [-0.05, 0) is 24.5 Å². The van der Waals surface area contributed by atoms with Crippen LogP contribution in [0.4, 0.5) is 8.78 Å². The van der Waals surface area contributed by atoms with Crippen LogP contribution in [0.3, 0.4) is 0 Å². The molecule has 1 aromatic carbocycles. The highest BCUT2D eigenvalue weighted by atomic mass is 79.9. The monoisotopic (exact) mass is 306 g/mol. The molecule has 0 aromatic heterocycles.